The Labute approximate surface area is 214 Å². The normalized spacial score (nSPS) is 17.5. The van der Waals surface area contributed by atoms with Gasteiger partial charge in [-0.1, -0.05) is 29.8 Å². The van der Waals surface area contributed by atoms with Crippen molar-refractivity contribution in [2.24, 2.45) is 5.73 Å². The van der Waals surface area contributed by atoms with Gasteiger partial charge in [-0.2, -0.15) is 0 Å². The Bertz CT molecular complexity index is 1260. The van der Waals surface area contributed by atoms with Crippen molar-refractivity contribution < 1.29 is 14.3 Å². The number of aromatic nitrogens is 2. The molecule has 7 nitrogen and oxygen atoms in total. The molecule has 1 saturated heterocycles. The van der Waals surface area contributed by atoms with Gasteiger partial charge in [0.15, 0.2) is 0 Å². The molecule has 184 valence electrons. The second-order valence-electron chi connectivity index (χ2n) is 9.10. The van der Waals surface area contributed by atoms with Gasteiger partial charge in [0.2, 0.25) is 0 Å². The molecule has 1 aliphatic heterocycles. The maximum Gasteiger partial charge on any atom is 0.262 e. The highest BCUT2D eigenvalue weighted by Crippen LogP contribution is 2.38. The van der Waals surface area contributed by atoms with Gasteiger partial charge >= 0.3 is 0 Å². The van der Waals surface area contributed by atoms with Crippen molar-refractivity contribution in [3.05, 3.63) is 69.3 Å². The summed E-state index contributed by atoms with van der Waals surface area (Å²) in [5.74, 6) is 0.901. The Hall–Kier alpha value is -2.81. The molecule has 0 spiro atoms. The SMILES string of the molecule is C[C@@H](Oc1cc(-n2cnc3c2C=C(OC2CCN(C)CC2)CC3)sc1C(N)=O)c1ccccc1Cl. The minimum Gasteiger partial charge on any atom is -0.495 e. The van der Waals surface area contributed by atoms with Gasteiger partial charge in [0.1, 0.15) is 34.2 Å². The van der Waals surface area contributed by atoms with Gasteiger partial charge in [-0.3, -0.25) is 9.36 Å². The van der Waals surface area contributed by atoms with E-state index in [0.717, 1.165) is 66.5 Å². The number of nitrogens with zero attached hydrogens (tertiary/aromatic N) is 3. The van der Waals surface area contributed by atoms with E-state index in [0.29, 0.717) is 15.6 Å². The zero-order chi connectivity index (χ0) is 24.5. The number of nitrogens with two attached hydrogens (primary N) is 1. The van der Waals surface area contributed by atoms with Crippen molar-refractivity contribution in [1.29, 1.82) is 0 Å². The second-order valence-corrected chi connectivity index (χ2v) is 10.5. The number of carbonyl (C=O) groups excluding carboxylic acids is 1. The fourth-order valence-corrected chi connectivity index (χ4v) is 5.81. The highest BCUT2D eigenvalue weighted by Gasteiger charge is 2.25. The molecular formula is C26H29ClN4O3S. The minimum atomic E-state index is -0.529. The molecule has 1 aromatic carbocycles. The summed E-state index contributed by atoms with van der Waals surface area (Å²) >= 11 is 7.63. The first-order chi connectivity index (χ1) is 16.9. The molecule has 0 saturated carbocycles. The van der Waals surface area contributed by atoms with Crippen molar-refractivity contribution in [1.82, 2.24) is 14.5 Å². The van der Waals surface area contributed by atoms with Crippen LogP contribution in [-0.4, -0.2) is 46.6 Å². The summed E-state index contributed by atoms with van der Waals surface area (Å²) in [6.07, 6.45) is 7.52. The Morgan fingerprint density at radius 2 is 2.03 bits per heavy atom. The van der Waals surface area contributed by atoms with Crippen LogP contribution in [0.25, 0.3) is 11.1 Å². The number of piperidine rings is 1. The van der Waals surface area contributed by atoms with E-state index in [-0.39, 0.29) is 12.2 Å². The molecule has 1 atom stereocenters. The predicted molar refractivity (Wildman–Crippen MR) is 138 cm³/mol. The lowest BCUT2D eigenvalue weighted by atomic mass is 10.0. The summed E-state index contributed by atoms with van der Waals surface area (Å²) in [5, 5.41) is 1.42. The highest BCUT2D eigenvalue weighted by atomic mass is 35.5. The lowest BCUT2D eigenvalue weighted by Crippen LogP contribution is -2.34. The number of imidazole rings is 1. The average molecular weight is 513 g/mol. The summed E-state index contributed by atoms with van der Waals surface area (Å²) in [4.78, 5) is 19.6. The standard InChI is InChI=1S/C26H29ClN4O3S/c1-16(19-5-3-4-6-20(19)27)33-23-14-24(35-25(23)26(28)32)31-15-29-21-8-7-18(13-22(21)31)34-17-9-11-30(2)12-10-17/h3-6,13-17H,7-12H2,1-2H3,(H2,28,32)/t16-/m1/s1. The maximum atomic E-state index is 12.2. The molecule has 5 rings (SSSR count). The molecule has 35 heavy (non-hydrogen) atoms. The molecular weight excluding hydrogens is 484 g/mol. The third-order valence-corrected chi connectivity index (χ3v) is 8.04. The number of carbonyl (C=O) groups is 1. The quantitative estimate of drug-likeness (QED) is 0.469. The summed E-state index contributed by atoms with van der Waals surface area (Å²) in [7, 11) is 2.15. The Morgan fingerprint density at radius 1 is 1.26 bits per heavy atom. The van der Waals surface area contributed by atoms with Gasteiger partial charge in [-0.25, -0.2) is 4.98 Å². The third-order valence-electron chi connectivity index (χ3n) is 6.57. The molecule has 3 heterocycles. The van der Waals surface area contributed by atoms with E-state index in [2.05, 4.69) is 23.0 Å². The van der Waals surface area contributed by atoms with E-state index >= 15 is 0 Å². The predicted octanol–water partition coefficient (Wildman–Crippen LogP) is 5.22. The van der Waals surface area contributed by atoms with Crippen LogP contribution < -0.4 is 10.5 Å². The van der Waals surface area contributed by atoms with Gasteiger partial charge in [-0.05, 0) is 39.3 Å². The van der Waals surface area contributed by atoms with E-state index < -0.39 is 5.91 Å². The Balaban J connectivity index is 1.41. The van der Waals surface area contributed by atoms with Crippen LogP contribution in [0.2, 0.25) is 5.02 Å². The van der Waals surface area contributed by atoms with Gasteiger partial charge in [0, 0.05) is 42.2 Å². The number of hydrogen-bond acceptors (Lipinski definition) is 6. The molecule has 9 heteroatoms. The molecule has 1 amide bonds. The summed E-state index contributed by atoms with van der Waals surface area (Å²) in [6, 6.07) is 9.36. The number of ether oxygens (including phenoxy) is 2. The molecule has 0 unspecified atom stereocenters. The molecule has 2 aliphatic rings. The minimum absolute atomic E-state index is 0.255. The lowest BCUT2D eigenvalue weighted by molar-refractivity contribution is 0.0551. The molecule has 0 bridgehead atoms. The van der Waals surface area contributed by atoms with Crippen LogP contribution in [0.3, 0.4) is 0 Å². The number of fused-ring (bicyclic) bond motifs is 1. The summed E-state index contributed by atoms with van der Waals surface area (Å²) in [5.41, 5.74) is 8.54. The Morgan fingerprint density at radius 3 is 2.77 bits per heavy atom. The summed E-state index contributed by atoms with van der Waals surface area (Å²) < 4.78 is 14.5. The number of amides is 1. The number of allylic oxidation sites excluding steroid dienone is 1. The van der Waals surface area contributed by atoms with Crippen molar-refractivity contribution in [2.45, 2.75) is 44.8 Å². The van der Waals surface area contributed by atoms with E-state index in [1.807, 2.05) is 41.8 Å². The highest BCUT2D eigenvalue weighted by molar-refractivity contribution is 7.16. The van der Waals surface area contributed by atoms with Gasteiger partial charge in [-0.15, -0.1) is 11.3 Å². The Kier molecular flexibility index (Phi) is 6.86. The number of thiophene rings is 1. The van der Waals surface area contributed by atoms with Crippen LogP contribution in [0.5, 0.6) is 5.75 Å². The van der Waals surface area contributed by atoms with Crippen LogP contribution in [0, 0.1) is 0 Å². The zero-order valence-electron chi connectivity index (χ0n) is 19.9. The number of benzene rings is 1. The van der Waals surface area contributed by atoms with Gasteiger partial charge < -0.3 is 20.1 Å². The molecule has 2 aromatic heterocycles. The fourth-order valence-electron chi connectivity index (χ4n) is 4.59. The van der Waals surface area contributed by atoms with Crippen LogP contribution >= 0.6 is 22.9 Å². The zero-order valence-corrected chi connectivity index (χ0v) is 21.4. The fraction of sp³-hybridized carbons (Fsp3) is 0.385. The number of hydrogen-bond donors (Lipinski definition) is 1. The molecule has 2 N–H and O–H groups in total. The van der Waals surface area contributed by atoms with Crippen LogP contribution in [0.1, 0.15) is 58.9 Å². The van der Waals surface area contributed by atoms with Gasteiger partial charge in [0.25, 0.3) is 5.91 Å². The second kappa shape index (κ2) is 10.0. The van der Waals surface area contributed by atoms with E-state index in [9.17, 15) is 4.79 Å². The van der Waals surface area contributed by atoms with Crippen LogP contribution in [0.15, 0.2) is 42.4 Å². The van der Waals surface area contributed by atoms with Gasteiger partial charge in [0.05, 0.1) is 17.1 Å². The van der Waals surface area contributed by atoms with Crippen LogP contribution in [0.4, 0.5) is 0 Å². The largest absolute Gasteiger partial charge is 0.495 e. The first kappa shape index (κ1) is 23.9. The molecule has 3 aromatic rings. The first-order valence-electron chi connectivity index (χ1n) is 11.9. The number of rotatable bonds is 7. The number of primary amides is 1. The molecule has 1 fully saturated rings. The van der Waals surface area contributed by atoms with Crippen molar-refractivity contribution in [3.8, 4) is 10.8 Å². The first-order valence-corrected chi connectivity index (χ1v) is 13.1. The maximum absolute atomic E-state index is 12.2. The van der Waals surface area contributed by atoms with E-state index in [1.165, 1.54) is 11.3 Å². The van der Waals surface area contributed by atoms with E-state index in [4.69, 9.17) is 26.8 Å². The number of likely N-dealkylation sites (tertiary alicyclic amines) is 1. The van der Waals surface area contributed by atoms with Crippen molar-refractivity contribution in [2.75, 3.05) is 20.1 Å². The van der Waals surface area contributed by atoms with Crippen molar-refractivity contribution in [3.63, 3.8) is 0 Å². The van der Waals surface area contributed by atoms with Crippen molar-refractivity contribution >= 4 is 34.9 Å². The summed E-state index contributed by atoms with van der Waals surface area (Å²) in [6.45, 7) is 4.01. The van der Waals surface area contributed by atoms with E-state index in [1.54, 1.807) is 6.33 Å². The average Bonchev–Trinajstić information content (AvgIpc) is 3.44. The smallest absolute Gasteiger partial charge is 0.262 e. The lowest BCUT2D eigenvalue weighted by Gasteiger charge is -2.30. The third kappa shape index (κ3) is 5.10. The monoisotopic (exact) mass is 512 g/mol. The van der Waals surface area contributed by atoms with Crippen LogP contribution in [-0.2, 0) is 11.2 Å². The topological polar surface area (TPSA) is 82.6 Å². The number of halogens is 1. The number of aryl methyl sites for hydroxylation is 1. The molecule has 1 aliphatic carbocycles. The molecule has 0 radical (unpaired) electrons.